The molecule has 0 fully saturated rings. The summed E-state index contributed by atoms with van der Waals surface area (Å²) >= 11 is 0. The number of phenols is 1. The molecule has 6 nitrogen and oxygen atoms in total. The summed E-state index contributed by atoms with van der Waals surface area (Å²) in [6.07, 6.45) is -1.20. The molecule has 19 heavy (non-hydrogen) atoms. The van der Waals surface area contributed by atoms with Crippen molar-refractivity contribution in [3.8, 4) is 11.5 Å². The van der Waals surface area contributed by atoms with Gasteiger partial charge in [-0.25, -0.2) is 0 Å². The Morgan fingerprint density at radius 1 is 1.53 bits per heavy atom. The van der Waals surface area contributed by atoms with Gasteiger partial charge in [0.05, 0.1) is 18.6 Å². The predicted octanol–water partition coefficient (Wildman–Crippen LogP) is 0.413. The molecule has 0 spiro atoms. The molecule has 7 heteroatoms. The molecule has 102 valence electrons. The van der Waals surface area contributed by atoms with Gasteiger partial charge in [0.15, 0.2) is 0 Å². The standard InChI is InChI=1S/C12H15BO6/c1-6(2)18-9-4-7(14)3-8-12(9)10(5-11(15)16)19-13(8)17/h3-4,6,10,14,17H,5H2,1-2H3,(H,15,16). The molecule has 1 heterocycles. The molecule has 0 aromatic heterocycles. The molecule has 0 saturated heterocycles. The highest BCUT2D eigenvalue weighted by Crippen LogP contribution is 2.36. The Bertz CT molecular complexity index is 501. The Morgan fingerprint density at radius 2 is 2.21 bits per heavy atom. The highest BCUT2D eigenvalue weighted by atomic mass is 16.5. The van der Waals surface area contributed by atoms with Gasteiger partial charge < -0.3 is 24.6 Å². The van der Waals surface area contributed by atoms with Crippen molar-refractivity contribution >= 4 is 18.6 Å². The number of fused-ring (bicyclic) bond motifs is 1. The van der Waals surface area contributed by atoms with Crippen molar-refractivity contribution < 1.29 is 29.4 Å². The second-order valence-corrected chi connectivity index (χ2v) is 4.69. The fourth-order valence-electron chi connectivity index (χ4n) is 2.14. The van der Waals surface area contributed by atoms with E-state index in [9.17, 15) is 14.9 Å². The second kappa shape index (κ2) is 5.10. The van der Waals surface area contributed by atoms with Gasteiger partial charge in [0.2, 0.25) is 0 Å². The van der Waals surface area contributed by atoms with Gasteiger partial charge in [0, 0.05) is 11.6 Å². The first-order chi connectivity index (χ1) is 8.88. The Labute approximate surface area is 110 Å². The lowest BCUT2D eigenvalue weighted by atomic mass is 9.78. The van der Waals surface area contributed by atoms with E-state index in [0.29, 0.717) is 16.8 Å². The van der Waals surface area contributed by atoms with Crippen LogP contribution in [-0.2, 0) is 9.45 Å². The van der Waals surface area contributed by atoms with Gasteiger partial charge in [-0.05, 0) is 25.4 Å². The number of phenolic OH excluding ortho intramolecular Hbond substituents is 1. The monoisotopic (exact) mass is 266 g/mol. The van der Waals surface area contributed by atoms with E-state index in [2.05, 4.69) is 0 Å². The zero-order valence-electron chi connectivity index (χ0n) is 10.7. The Balaban J connectivity index is 2.45. The first kappa shape index (κ1) is 13.7. The number of aliphatic carboxylic acids is 1. The molecule has 0 bridgehead atoms. The maximum Gasteiger partial charge on any atom is 0.492 e. The molecule has 1 aromatic carbocycles. The van der Waals surface area contributed by atoms with E-state index in [4.69, 9.17) is 14.5 Å². The lowest BCUT2D eigenvalue weighted by Crippen LogP contribution is -2.28. The van der Waals surface area contributed by atoms with E-state index in [0.717, 1.165) is 0 Å². The molecular weight excluding hydrogens is 251 g/mol. The summed E-state index contributed by atoms with van der Waals surface area (Å²) in [5, 5.41) is 28.2. The highest BCUT2D eigenvalue weighted by Gasteiger charge is 2.39. The molecule has 1 unspecified atom stereocenters. The first-order valence-corrected chi connectivity index (χ1v) is 5.97. The molecule has 0 amide bonds. The number of ether oxygens (including phenoxy) is 1. The van der Waals surface area contributed by atoms with Gasteiger partial charge in [0.1, 0.15) is 11.5 Å². The highest BCUT2D eigenvalue weighted by molar-refractivity contribution is 6.62. The minimum atomic E-state index is -1.25. The van der Waals surface area contributed by atoms with Gasteiger partial charge in [-0.3, -0.25) is 4.79 Å². The minimum Gasteiger partial charge on any atom is -0.508 e. The van der Waals surface area contributed by atoms with Crippen LogP contribution >= 0.6 is 0 Å². The van der Waals surface area contributed by atoms with Gasteiger partial charge in [-0.2, -0.15) is 0 Å². The number of rotatable bonds is 4. The number of hydrogen-bond donors (Lipinski definition) is 3. The van der Waals surface area contributed by atoms with Crippen LogP contribution in [0.3, 0.4) is 0 Å². The summed E-state index contributed by atoms with van der Waals surface area (Å²) in [5.41, 5.74) is 0.836. The van der Waals surface area contributed by atoms with Crippen LogP contribution in [0.25, 0.3) is 0 Å². The lowest BCUT2D eigenvalue weighted by Gasteiger charge is -2.17. The first-order valence-electron chi connectivity index (χ1n) is 5.97. The molecule has 1 atom stereocenters. The third kappa shape index (κ3) is 2.82. The van der Waals surface area contributed by atoms with Crippen LogP contribution in [0, 0.1) is 0 Å². The number of carboxylic acids is 1. The third-order valence-electron chi connectivity index (χ3n) is 2.76. The summed E-state index contributed by atoms with van der Waals surface area (Å²) in [4.78, 5) is 10.8. The molecule has 1 aliphatic rings. The number of aromatic hydroxyl groups is 1. The number of carboxylic acid groups (broad SMARTS) is 1. The SMILES string of the molecule is CC(C)Oc1cc(O)cc2c1C(CC(=O)O)OB2O. The molecule has 0 aliphatic carbocycles. The van der Waals surface area contributed by atoms with Crippen LogP contribution in [0.15, 0.2) is 12.1 Å². The molecule has 1 aromatic rings. The van der Waals surface area contributed by atoms with E-state index in [-0.39, 0.29) is 18.3 Å². The van der Waals surface area contributed by atoms with E-state index in [1.807, 2.05) is 13.8 Å². The number of carbonyl (C=O) groups is 1. The molecule has 3 N–H and O–H groups in total. The largest absolute Gasteiger partial charge is 0.508 e. The zero-order chi connectivity index (χ0) is 14.2. The molecule has 1 aliphatic heterocycles. The minimum absolute atomic E-state index is 0.0620. The molecular formula is C12H15BO6. The van der Waals surface area contributed by atoms with Gasteiger partial charge >= 0.3 is 13.1 Å². The van der Waals surface area contributed by atoms with Gasteiger partial charge in [-0.1, -0.05) is 0 Å². The Morgan fingerprint density at radius 3 is 2.79 bits per heavy atom. The van der Waals surface area contributed by atoms with Crippen molar-refractivity contribution in [1.29, 1.82) is 0 Å². The Hall–Kier alpha value is -1.73. The van der Waals surface area contributed by atoms with Crippen LogP contribution in [0.2, 0.25) is 0 Å². The topological polar surface area (TPSA) is 96.2 Å². The number of hydrogen-bond acceptors (Lipinski definition) is 5. The van der Waals surface area contributed by atoms with Gasteiger partial charge in [-0.15, -0.1) is 0 Å². The van der Waals surface area contributed by atoms with Gasteiger partial charge in [0.25, 0.3) is 0 Å². The maximum absolute atomic E-state index is 10.8. The summed E-state index contributed by atoms with van der Waals surface area (Å²) in [7, 11) is -1.25. The third-order valence-corrected chi connectivity index (χ3v) is 2.76. The van der Waals surface area contributed by atoms with Crippen LogP contribution < -0.4 is 10.2 Å². The van der Waals surface area contributed by atoms with E-state index in [1.54, 1.807) is 0 Å². The average molecular weight is 266 g/mol. The van der Waals surface area contributed by atoms with Crippen LogP contribution in [0.5, 0.6) is 11.5 Å². The quantitative estimate of drug-likeness (QED) is 0.683. The van der Waals surface area contributed by atoms with Crippen LogP contribution in [-0.4, -0.2) is 34.4 Å². The molecule has 2 rings (SSSR count). The van der Waals surface area contributed by atoms with Crippen LogP contribution in [0.1, 0.15) is 31.9 Å². The summed E-state index contributed by atoms with van der Waals surface area (Å²) < 4.78 is 10.8. The predicted molar refractivity (Wildman–Crippen MR) is 67.6 cm³/mol. The summed E-state index contributed by atoms with van der Waals surface area (Å²) in [6.45, 7) is 3.63. The number of benzene rings is 1. The van der Waals surface area contributed by atoms with E-state index in [1.165, 1.54) is 12.1 Å². The van der Waals surface area contributed by atoms with Crippen molar-refractivity contribution in [2.75, 3.05) is 0 Å². The van der Waals surface area contributed by atoms with Crippen molar-refractivity contribution in [1.82, 2.24) is 0 Å². The van der Waals surface area contributed by atoms with Crippen molar-refractivity contribution in [2.45, 2.75) is 32.5 Å². The molecule has 0 saturated carbocycles. The second-order valence-electron chi connectivity index (χ2n) is 4.69. The van der Waals surface area contributed by atoms with Crippen LogP contribution in [0.4, 0.5) is 0 Å². The average Bonchev–Trinajstić information content (AvgIpc) is 2.53. The maximum atomic E-state index is 10.8. The smallest absolute Gasteiger partial charge is 0.492 e. The van der Waals surface area contributed by atoms with Crippen molar-refractivity contribution in [2.24, 2.45) is 0 Å². The van der Waals surface area contributed by atoms with E-state index < -0.39 is 19.2 Å². The summed E-state index contributed by atoms with van der Waals surface area (Å²) in [5.74, 6) is -0.755. The van der Waals surface area contributed by atoms with E-state index >= 15 is 0 Å². The van der Waals surface area contributed by atoms with Crippen molar-refractivity contribution in [3.63, 3.8) is 0 Å². The lowest BCUT2D eigenvalue weighted by molar-refractivity contribution is -0.138. The van der Waals surface area contributed by atoms with Crippen molar-refractivity contribution in [3.05, 3.63) is 17.7 Å². The normalized spacial score (nSPS) is 17.7. The Kier molecular flexibility index (Phi) is 3.68. The molecule has 0 radical (unpaired) electrons. The fourth-order valence-corrected chi connectivity index (χ4v) is 2.14. The fraction of sp³-hybridized carbons (Fsp3) is 0.417. The zero-order valence-corrected chi connectivity index (χ0v) is 10.7. The summed E-state index contributed by atoms with van der Waals surface area (Å²) in [6, 6.07) is 2.75.